The molecule has 3 aromatic carbocycles. The summed E-state index contributed by atoms with van der Waals surface area (Å²) in [5.74, 6) is 9.43. The average molecular weight is 635 g/mol. The Morgan fingerprint density at radius 3 is 1.98 bits per heavy atom. The maximum Gasteiger partial charge on any atom is 0.261 e. The summed E-state index contributed by atoms with van der Waals surface area (Å²) in [7, 11) is -2.72. The normalized spacial score (nSPS) is 13.7. The maximum absolute atomic E-state index is 13.7. The van der Waals surface area contributed by atoms with Gasteiger partial charge in [0, 0.05) is 34.4 Å². The molecule has 0 aromatic heterocycles. The van der Waals surface area contributed by atoms with Crippen molar-refractivity contribution in [2.75, 3.05) is 13.2 Å². The first-order valence-corrected chi connectivity index (χ1v) is 17.3. The van der Waals surface area contributed by atoms with E-state index in [1.807, 2.05) is 61.5 Å². The zero-order chi connectivity index (χ0) is 29.4. The van der Waals surface area contributed by atoms with Crippen molar-refractivity contribution >= 4 is 46.0 Å². The Balaban J connectivity index is 2.03. The standard InChI is InChI=1S/C34H40BrNO2SSi/c1-8-25-36(39(37)33(2,3)4)30(23-22-28-16-15-17-29(35)27-28)24-26-38-40(34(5,6)7,31-18-11-9-12-19-31)32-20-13-10-14-21-32/h1,9-21,27,30H,24-26H2,2-7H3. The van der Waals surface area contributed by atoms with Crippen molar-refractivity contribution in [3.63, 3.8) is 0 Å². The van der Waals surface area contributed by atoms with Gasteiger partial charge in [-0.05, 0) is 54.4 Å². The van der Waals surface area contributed by atoms with Gasteiger partial charge in [-0.3, -0.25) is 0 Å². The number of benzene rings is 3. The van der Waals surface area contributed by atoms with Gasteiger partial charge >= 0.3 is 0 Å². The first-order chi connectivity index (χ1) is 18.9. The second kappa shape index (κ2) is 14.1. The summed E-state index contributed by atoms with van der Waals surface area (Å²) in [5.41, 5.74) is 0.884. The van der Waals surface area contributed by atoms with Crippen LogP contribution in [0.2, 0.25) is 5.04 Å². The van der Waals surface area contributed by atoms with Gasteiger partial charge in [0.25, 0.3) is 8.32 Å². The molecule has 2 unspecified atom stereocenters. The first kappa shape index (κ1) is 32.2. The second-order valence-corrected chi connectivity index (χ2v) is 19.2. The molecule has 0 aliphatic carbocycles. The molecule has 40 heavy (non-hydrogen) atoms. The smallest absolute Gasteiger partial charge is 0.261 e. The number of hydrogen-bond acceptors (Lipinski definition) is 3. The van der Waals surface area contributed by atoms with Crippen molar-refractivity contribution in [3.8, 4) is 24.2 Å². The van der Waals surface area contributed by atoms with Crippen molar-refractivity contribution in [2.24, 2.45) is 0 Å². The van der Waals surface area contributed by atoms with Gasteiger partial charge in [0.15, 0.2) is 0 Å². The fourth-order valence-electron chi connectivity index (χ4n) is 4.83. The molecule has 0 saturated heterocycles. The maximum atomic E-state index is 13.7. The molecular formula is C34H40BrNO2SSi. The molecule has 210 valence electrons. The number of hydrogen-bond donors (Lipinski definition) is 0. The van der Waals surface area contributed by atoms with Crippen LogP contribution < -0.4 is 10.4 Å². The van der Waals surface area contributed by atoms with Crippen molar-refractivity contribution < 1.29 is 8.98 Å². The van der Waals surface area contributed by atoms with Crippen LogP contribution in [0.5, 0.6) is 0 Å². The van der Waals surface area contributed by atoms with E-state index in [1.54, 1.807) is 0 Å². The van der Waals surface area contributed by atoms with E-state index < -0.39 is 24.4 Å². The zero-order valence-electron chi connectivity index (χ0n) is 24.4. The predicted molar refractivity (Wildman–Crippen MR) is 176 cm³/mol. The van der Waals surface area contributed by atoms with E-state index in [4.69, 9.17) is 10.8 Å². The molecule has 0 N–H and O–H groups in total. The molecule has 0 heterocycles. The summed E-state index contributed by atoms with van der Waals surface area (Å²) in [6, 6.07) is 28.7. The summed E-state index contributed by atoms with van der Waals surface area (Å²) in [5, 5.41) is 2.31. The monoisotopic (exact) mass is 633 g/mol. The Morgan fingerprint density at radius 2 is 1.50 bits per heavy atom. The minimum atomic E-state index is -2.72. The fraction of sp³-hybridized carbons (Fsp3) is 0.353. The lowest BCUT2D eigenvalue weighted by molar-refractivity contribution is 0.259. The second-order valence-electron chi connectivity index (χ2n) is 11.7. The van der Waals surface area contributed by atoms with Crippen LogP contribution in [0, 0.1) is 24.2 Å². The minimum absolute atomic E-state index is 0.139. The minimum Gasteiger partial charge on any atom is -0.597 e. The van der Waals surface area contributed by atoms with Gasteiger partial charge in [0.05, 0.1) is 0 Å². The van der Waals surface area contributed by atoms with Crippen LogP contribution in [0.25, 0.3) is 0 Å². The van der Waals surface area contributed by atoms with Gasteiger partial charge in [0.1, 0.15) is 17.3 Å². The highest BCUT2D eigenvalue weighted by Crippen LogP contribution is 2.37. The highest BCUT2D eigenvalue weighted by molar-refractivity contribution is 9.10. The van der Waals surface area contributed by atoms with Gasteiger partial charge in [-0.1, -0.05) is 121 Å². The van der Waals surface area contributed by atoms with E-state index in [-0.39, 0.29) is 17.6 Å². The summed E-state index contributed by atoms with van der Waals surface area (Å²) in [6.07, 6.45) is 6.34. The molecule has 0 saturated carbocycles. The van der Waals surface area contributed by atoms with E-state index in [1.165, 1.54) is 10.4 Å². The van der Waals surface area contributed by atoms with Crippen molar-refractivity contribution in [1.82, 2.24) is 4.31 Å². The molecule has 0 aliphatic heterocycles. The van der Waals surface area contributed by atoms with Crippen LogP contribution >= 0.6 is 15.9 Å². The fourth-order valence-corrected chi connectivity index (χ4v) is 11.1. The molecule has 0 bridgehead atoms. The molecule has 0 amide bonds. The van der Waals surface area contributed by atoms with Crippen LogP contribution in [-0.2, 0) is 15.8 Å². The van der Waals surface area contributed by atoms with Crippen LogP contribution in [0.3, 0.4) is 0 Å². The first-order valence-electron chi connectivity index (χ1n) is 13.5. The Hall–Kier alpha value is -2.29. The molecule has 0 fully saturated rings. The lowest BCUT2D eigenvalue weighted by Crippen LogP contribution is -2.66. The van der Waals surface area contributed by atoms with Gasteiger partial charge in [0.2, 0.25) is 0 Å². The highest BCUT2D eigenvalue weighted by Gasteiger charge is 2.50. The van der Waals surface area contributed by atoms with Crippen LogP contribution in [0.1, 0.15) is 53.5 Å². The van der Waals surface area contributed by atoms with Gasteiger partial charge < -0.3 is 8.98 Å². The molecule has 3 aromatic rings. The van der Waals surface area contributed by atoms with Gasteiger partial charge in [-0.2, -0.15) is 0 Å². The summed E-state index contributed by atoms with van der Waals surface area (Å²) >= 11 is 2.18. The molecule has 6 heteroatoms. The third-order valence-corrected chi connectivity index (χ3v) is 14.1. The predicted octanol–water partition coefficient (Wildman–Crippen LogP) is 6.53. The average Bonchev–Trinajstić information content (AvgIpc) is 2.91. The highest BCUT2D eigenvalue weighted by atomic mass is 79.9. The van der Waals surface area contributed by atoms with Crippen LogP contribution in [-0.4, -0.2) is 41.1 Å². The van der Waals surface area contributed by atoms with Crippen LogP contribution in [0.4, 0.5) is 0 Å². The number of nitrogens with zero attached hydrogens (tertiary/aromatic N) is 1. The van der Waals surface area contributed by atoms with E-state index in [0.29, 0.717) is 13.0 Å². The quantitative estimate of drug-likeness (QED) is 0.153. The molecule has 0 radical (unpaired) electrons. The Bertz CT molecular complexity index is 1290. The number of halogens is 1. The lowest BCUT2D eigenvalue weighted by atomic mass is 10.1. The van der Waals surface area contributed by atoms with E-state index in [2.05, 4.69) is 103 Å². The van der Waals surface area contributed by atoms with E-state index in [9.17, 15) is 4.55 Å². The number of terminal acetylenes is 1. The molecule has 3 rings (SSSR count). The summed E-state index contributed by atoms with van der Waals surface area (Å²) < 4.78 is 23.1. The van der Waals surface area contributed by atoms with Crippen molar-refractivity contribution in [1.29, 1.82) is 0 Å². The van der Waals surface area contributed by atoms with Crippen molar-refractivity contribution in [3.05, 3.63) is 95.0 Å². The van der Waals surface area contributed by atoms with Gasteiger partial charge in [-0.15, -0.1) is 10.7 Å². The molecule has 0 aliphatic rings. The Kier molecular flexibility index (Phi) is 11.3. The SMILES string of the molecule is C#CCN(C(C#Cc1cccc(Br)c1)CCO[Si](c1ccccc1)(c1ccccc1)C(C)(C)C)[S+]([O-])C(C)(C)C. The molecule has 0 spiro atoms. The third-order valence-electron chi connectivity index (χ3n) is 6.67. The largest absolute Gasteiger partial charge is 0.597 e. The topological polar surface area (TPSA) is 35.5 Å². The molecule has 2 atom stereocenters. The number of rotatable bonds is 9. The molecular weight excluding hydrogens is 594 g/mol. The van der Waals surface area contributed by atoms with E-state index >= 15 is 0 Å². The summed E-state index contributed by atoms with van der Waals surface area (Å²) in [6.45, 7) is 13.4. The van der Waals surface area contributed by atoms with Gasteiger partial charge in [-0.25, -0.2) is 0 Å². The van der Waals surface area contributed by atoms with Crippen molar-refractivity contribution in [2.45, 2.75) is 63.8 Å². The third kappa shape index (κ3) is 7.92. The summed E-state index contributed by atoms with van der Waals surface area (Å²) in [4.78, 5) is 0. The molecule has 3 nitrogen and oxygen atoms in total. The zero-order valence-corrected chi connectivity index (χ0v) is 27.8. The van der Waals surface area contributed by atoms with E-state index in [0.717, 1.165) is 10.0 Å². The Morgan fingerprint density at radius 1 is 0.925 bits per heavy atom. The lowest BCUT2D eigenvalue weighted by Gasteiger charge is -2.43. The Labute approximate surface area is 254 Å². The van der Waals surface area contributed by atoms with Crippen LogP contribution in [0.15, 0.2) is 89.4 Å².